The van der Waals surface area contributed by atoms with Crippen molar-refractivity contribution in [1.82, 2.24) is 10.2 Å². The van der Waals surface area contributed by atoms with Crippen molar-refractivity contribution in [2.45, 2.75) is 95.7 Å². The maximum absolute atomic E-state index is 13.9. The number of nitrogens with one attached hydrogen (secondary N) is 1. The second kappa shape index (κ2) is 20.1. The summed E-state index contributed by atoms with van der Waals surface area (Å²) in [7, 11) is 0. The predicted molar refractivity (Wildman–Crippen MR) is 188 cm³/mol. The van der Waals surface area contributed by atoms with Crippen molar-refractivity contribution in [2.75, 3.05) is 13.1 Å². The molecule has 3 rings (SSSR count). The van der Waals surface area contributed by atoms with Gasteiger partial charge in [-0.25, -0.2) is 4.79 Å². The highest BCUT2D eigenvalue weighted by atomic mass is 16.4. The molecule has 5 atom stereocenters. The van der Waals surface area contributed by atoms with E-state index in [-0.39, 0.29) is 49.8 Å². The number of amides is 2. The molecule has 0 unspecified atom stereocenters. The van der Waals surface area contributed by atoms with Crippen LogP contribution in [0.25, 0.3) is 0 Å². The average molecular weight is 677 g/mol. The number of likely N-dealkylation sites (tertiary alicyclic amines) is 1. The molecule has 8 N–H and O–H groups in total. The molecule has 12 nitrogen and oxygen atoms in total. The van der Waals surface area contributed by atoms with E-state index in [1.165, 1.54) is 4.90 Å². The first-order valence-electron chi connectivity index (χ1n) is 17.3. The van der Waals surface area contributed by atoms with Gasteiger partial charge in [-0.1, -0.05) is 80.4 Å². The molecule has 0 radical (unpaired) electrons. The highest BCUT2D eigenvalue weighted by Gasteiger charge is 2.38. The summed E-state index contributed by atoms with van der Waals surface area (Å²) >= 11 is 0. The van der Waals surface area contributed by atoms with Gasteiger partial charge in [0.2, 0.25) is 11.8 Å². The van der Waals surface area contributed by atoms with E-state index < -0.39 is 47.7 Å². The van der Waals surface area contributed by atoms with Crippen LogP contribution in [0.2, 0.25) is 0 Å². The summed E-state index contributed by atoms with van der Waals surface area (Å²) in [5, 5.41) is 12.6. The molecule has 1 saturated heterocycles. The molecule has 2 aromatic carbocycles. The molecule has 1 aliphatic heterocycles. The lowest BCUT2D eigenvalue weighted by atomic mass is 9.88. The number of carboxylic acids is 1. The molecule has 2 aromatic rings. The Labute approximate surface area is 288 Å². The molecular weight excluding hydrogens is 624 g/mol. The average Bonchev–Trinajstić information content (AvgIpc) is 3.58. The smallest absolute Gasteiger partial charge is 0.326 e. The highest BCUT2D eigenvalue weighted by Crippen LogP contribution is 2.25. The summed E-state index contributed by atoms with van der Waals surface area (Å²) in [5.41, 5.74) is 19.0. The molecule has 1 heterocycles. The summed E-state index contributed by atoms with van der Waals surface area (Å²) in [6.07, 6.45) is 3.71. The number of nitrogens with zero attached hydrogens (tertiary/aromatic N) is 2. The lowest BCUT2D eigenvalue weighted by molar-refractivity contribution is -0.150. The minimum atomic E-state index is -1.08. The number of unbranched alkanes of at least 4 members (excludes halogenated alkanes) is 1. The molecule has 1 aliphatic rings. The molecule has 0 aromatic heterocycles. The fourth-order valence-electron chi connectivity index (χ4n) is 6.31. The second-order valence-corrected chi connectivity index (χ2v) is 12.9. The van der Waals surface area contributed by atoms with Crippen LogP contribution in [-0.4, -0.2) is 76.5 Å². The Balaban J connectivity index is 1.79. The maximum Gasteiger partial charge on any atom is 0.326 e. The van der Waals surface area contributed by atoms with Crippen LogP contribution in [0.5, 0.6) is 0 Å². The molecule has 0 spiro atoms. The van der Waals surface area contributed by atoms with E-state index in [0.29, 0.717) is 45.1 Å². The minimum absolute atomic E-state index is 0.0867. The lowest BCUT2D eigenvalue weighted by Crippen LogP contribution is -2.48. The van der Waals surface area contributed by atoms with Gasteiger partial charge in [0.1, 0.15) is 6.04 Å². The molecule has 49 heavy (non-hydrogen) atoms. The number of hydrogen-bond acceptors (Lipinski definition) is 7. The molecular formula is C37H52N6O6. The quantitative estimate of drug-likeness (QED) is 0.0746. The summed E-state index contributed by atoms with van der Waals surface area (Å²) in [4.78, 5) is 72.1. The molecule has 2 amide bonds. The van der Waals surface area contributed by atoms with Crippen molar-refractivity contribution in [3.8, 4) is 0 Å². The first-order chi connectivity index (χ1) is 23.5. The van der Waals surface area contributed by atoms with Crippen LogP contribution in [0.15, 0.2) is 65.7 Å². The zero-order valence-electron chi connectivity index (χ0n) is 28.5. The monoisotopic (exact) mass is 676 g/mol. The number of guanidine groups is 1. The van der Waals surface area contributed by atoms with E-state index in [4.69, 9.17) is 17.2 Å². The van der Waals surface area contributed by atoms with E-state index in [0.717, 1.165) is 17.5 Å². The van der Waals surface area contributed by atoms with E-state index >= 15 is 0 Å². The van der Waals surface area contributed by atoms with Gasteiger partial charge in [0, 0.05) is 37.8 Å². The Kier molecular flexibility index (Phi) is 15.9. The summed E-state index contributed by atoms with van der Waals surface area (Å²) in [6.45, 7) is 2.52. The summed E-state index contributed by atoms with van der Waals surface area (Å²) < 4.78 is 0. The largest absolute Gasteiger partial charge is 0.480 e. The van der Waals surface area contributed by atoms with Crippen LogP contribution in [0.3, 0.4) is 0 Å². The first-order valence-corrected chi connectivity index (χ1v) is 17.3. The van der Waals surface area contributed by atoms with E-state index in [1.807, 2.05) is 67.6 Å². The van der Waals surface area contributed by atoms with Crippen molar-refractivity contribution in [1.29, 1.82) is 0 Å². The van der Waals surface area contributed by atoms with Gasteiger partial charge in [-0.15, -0.1) is 0 Å². The van der Waals surface area contributed by atoms with Gasteiger partial charge in [0.15, 0.2) is 17.5 Å². The zero-order valence-corrected chi connectivity index (χ0v) is 28.5. The normalized spacial score (nSPS) is 16.6. The number of ketones is 2. The number of hydrogen-bond donors (Lipinski definition) is 5. The fourth-order valence-corrected chi connectivity index (χ4v) is 6.31. The Morgan fingerprint density at radius 2 is 1.49 bits per heavy atom. The number of carboxylic acid groups (broad SMARTS) is 1. The Morgan fingerprint density at radius 3 is 2.08 bits per heavy atom. The van der Waals surface area contributed by atoms with E-state index in [2.05, 4.69) is 10.3 Å². The highest BCUT2D eigenvalue weighted by molar-refractivity contribution is 5.95. The van der Waals surface area contributed by atoms with Crippen LogP contribution >= 0.6 is 0 Å². The number of aliphatic carboxylic acids is 1. The first kappa shape index (κ1) is 38.9. The molecule has 0 aliphatic carbocycles. The van der Waals surface area contributed by atoms with Gasteiger partial charge in [0.05, 0.1) is 12.1 Å². The molecule has 12 heteroatoms. The van der Waals surface area contributed by atoms with Gasteiger partial charge in [-0.3, -0.25) is 24.2 Å². The van der Waals surface area contributed by atoms with Crippen LogP contribution < -0.4 is 22.5 Å². The minimum Gasteiger partial charge on any atom is -0.480 e. The lowest BCUT2D eigenvalue weighted by Gasteiger charge is -2.28. The van der Waals surface area contributed by atoms with Gasteiger partial charge < -0.3 is 32.5 Å². The number of rotatable bonds is 21. The zero-order chi connectivity index (χ0) is 35.8. The van der Waals surface area contributed by atoms with Gasteiger partial charge in [0.25, 0.3) is 0 Å². The molecule has 1 fully saturated rings. The van der Waals surface area contributed by atoms with Crippen molar-refractivity contribution in [3.05, 3.63) is 71.8 Å². The SMILES string of the molecule is CCCC[C@@H](NC(=O)[C@H](CC(=O)[C@H](N)Cc1ccccc1)Cc1ccccc1)C(=O)C[C@H](CCCN=C(N)N)C(=O)N1CCC[C@@H]1C(=O)O. The van der Waals surface area contributed by atoms with Gasteiger partial charge in [-0.2, -0.15) is 0 Å². The summed E-state index contributed by atoms with van der Waals surface area (Å²) in [5.74, 6) is -4.14. The van der Waals surface area contributed by atoms with E-state index in [9.17, 15) is 29.1 Å². The number of Topliss-reactive ketones (excluding diaryl/α,β-unsaturated/α-hetero) is 2. The van der Waals surface area contributed by atoms with E-state index in [1.54, 1.807) is 0 Å². The number of nitrogens with two attached hydrogens (primary N) is 3. The fraction of sp³-hybridized carbons (Fsp3) is 0.514. The number of aliphatic imine (C=N–C) groups is 1. The summed E-state index contributed by atoms with van der Waals surface area (Å²) in [6, 6.07) is 16.2. The second-order valence-electron chi connectivity index (χ2n) is 12.9. The third-order valence-electron chi connectivity index (χ3n) is 9.03. The van der Waals surface area contributed by atoms with Crippen LogP contribution in [0, 0.1) is 11.8 Å². The van der Waals surface area contributed by atoms with Crippen LogP contribution in [0.1, 0.15) is 75.8 Å². The maximum atomic E-state index is 13.9. The third kappa shape index (κ3) is 12.8. The predicted octanol–water partition coefficient (Wildman–Crippen LogP) is 2.75. The van der Waals surface area contributed by atoms with Gasteiger partial charge in [-0.05, 0) is 56.1 Å². The Bertz CT molecular complexity index is 1410. The number of carbonyl (C=O) groups excluding carboxylic acids is 4. The number of benzene rings is 2. The third-order valence-corrected chi connectivity index (χ3v) is 9.03. The van der Waals surface area contributed by atoms with Crippen molar-refractivity contribution in [2.24, 2.45) is 34.0 Å². The Hall–Kier alpha value is -4.58. The van der Waals surface area contributed by atoms with Crippen LogP contribution in [-0.2, 0) is 36.8 Å². The Morgan fingerprint density at radius 1 is 0.878 bits per heavy atom. The van der Waals surface area contributed by atoms with Crippen molar-refractivity contribution in [3.63, 3.8) is 0 Å². The van der Waals surface area contributed by atoms with Crippen molar-refractivity contribution >= 4 is 35.3 Å². The molecule has 266 valence electrons. The number of carbonyl (C=O) groups is 5. The van der Waals surface area contributed by atoms with Crippen LogP contribution in [0.4, 0.5) is 0 Å². The van der Waals surface area contributed by atoms with Gasteiger partial charge >= 0.3 is 5.97 Å². The van der Waals surface area contributed by atoms with Crippen molar-refractivity contribution < 1.29 is 29.1 Å². The molecule has 0 bridgehead atoms. The standard InChI is InChI=1S/C37H52N6O6/c1-2-3-17-30(33(45)23-27(16-10-19-41-37(39)40)35(47)43-20-11-18-31(43)36(48)49)42-34(46)28(21-25-12-6-4-7-13-25)24-32(44)29(38)22-26-14-8-5-9-15-26/h4-9,12-15,27-31H,2-3,10-11,16-24,38H2,1H3,(H,42,46)(H,48,49)(H4,39,40,41)/t27-,28-,29+,30+,31+/m0/s1. The topological polar surface area (TPSA) is 211 Å². The molecule has 0 saturated carbocycles.